The van der Waals surface area contributed by atoms with Crippen molar-refractivity contribution < 1.29 is 32.6 Å². The van der Waals surface area contributed by atoms with Gasteiger partial charge in [0.15, 0.2) is 5.82 Å². The van der Waals surface area contributed by atoms with E-state index in [9.17, 15) is 18.4 Å². The maximum absolute atomic E-state index is 14.6. The number of rotatable bonds is 7. The van der Waals surface area contributed by atoms with E-state index >= 15 is 0 Å². The number of halogens is 4. The summed E-state index contributed by atoms with van der Waals surface area (Å²) < 4.78 is 47.7. The van der Waals surface area contributed by atoms with E-state index in [0.29, 0.717) is 60.1 Å². The minimum atomic E-state index is -3.86. The van der Waals surface area contributed by atoms with Gasteiger partial charge in [0.05, 0.1) is 31.7 Å². The summed E-state index contributed by atoms with van der Waals surface area (Å²) in [6.07, 6.45) is -1.20. The number of likely N-dealkylation sites (tertiary alicyclic amines) is 1. The number of fused-ring (bicyclic) bond motifs is 3. The summed E-state index contributed by atoms with van der Waals surface area (Å²) >= 11 is 11.9. The highest BCUT2D eigenvalue weighted by Gasteiger charge is 2.43. The Kier molecular flexibility index (Phi) is 8.73. The summed E-state index contributed by atoms with van der Waals surface area (Å²) in [5, 5.41) is 4.26. The standard InChI is InChI=1S/C29H30Cl2F2N4O5/c1-4-41-27(39)17-10-12-36(13-11-17)24(38)15-23-26-34-35-28(29(31,32)33)37(26)21-9-8-18(30)14-20(21)25(42-23)19-6-5-7-22(40-3)16(19)2/h5-9,14,17,23,25H,4,10-13,15H2,1-3H3/t23-,25-/m1/s1. The predicted molar refractivity (Wildman–Crippen MR) is 150 cm³/mol. The summed E-state index contributed by atoms with van der Waals surface area (Å²) in [6.45, 7) is 4.60. The molecule has 0 radical (unpaired) electrons. The van der Waals surface area contributed by atoms with Crippen LogP contribution in [0.15, 0.2) is 36.4 Å². The van der Waals surface area contributed by atoms with Gasteiger partial charge in [0.1, 0.15) is 18.0 Å². The van der Waals surface area contributed by atoms with Gasteiger partial charge in [-0.3, -0.25) is 14.2 Å². The normalized spacial score (nSPS) is 19.1. The highest BCUT2D eigenvalue weighted by atomic mass is 35.5. The van der Waals surface area contributed by atoms with Crippen molar-refractivity contribution in [1.29, 1.82) is 0 Å². The number of methoxy groups -OCH3 is 1. The summed E-state index contributed by atoms with van der Waals surface area (Å²) in [5.41, 5.74) is 2.23. The number of ether oxygens (including phenoxy) is 3. The van der Waals surface area contributed by atoms with Gasteiger partial charge >= 0.3 is 11.4 Å². The number of nitrogens with zero attached hydrogens (tertiary/aromatic N) is 4. The SMILES string of the molecule is CCOC(=O)C1CCN(C(=O)C[C@H]2O[C@H](c3cccc(OC)c3C)c3cc(Cl)ccc3-n3c2nnc3C(F)(F)Cl)CC1. The monoisotopic (exact) mass is 622 g/mol. The Hall–Kier alpha value is -3.28. The van der Waals surface area contributed by atoms with E-state index in [-0.39, 0.29) is 30.0 Å². The summed E-state index contributed by atoms with van der Waals surface area (Å²) in [4.78, 5) is 27.4. The minimum absolute atomic E-state index is 0.00621. The molecule has 42 heavy (non-hydrogen) atoms. The molecule has 0 unspecified atom stereocenters. The summed E-state index contributed by atoms with van der Waals surface area (Å²) in [7, 11) is 1.55. The number of hydrogen-bond acceptors (Lipinski definition) is 7. The molecule has 2 atom stereocenters. The van der Waals surface area contributed by atoms with E-state index in [1.165, 1.54) is 0 Å². The number of hydrogen-bond donors (Lipinski definition) is 0. The fourth-order valence-corrected chi connectivity index (χ4v) is 5.90. The number of piperidine rings is 1. The molecule has 2 aliphatic heterocycles. The lowest BCUT2D eigenvalue weighted by molar-refractivity contribution is -0.151. The summed E-state index contributed by atoms with van der Waals surface area (Å²) in [5.74, 6) is -1.02. The molecule has 5 rings (SSSR count). The van der Waals surface area contributed by atoms with Gasteiger partial charge in [-0.15, -0.1) is 10.2 Å². The van der Waals surface area contributed by atoms with Crippen LogP contribution in [-0.2, 0) is 24.4 Å². The van der Waals surface area contributed by atoms with Crippen molar-refractivity contribution in [1.82, 2.24) is 19.7 Å². The van der Waals surface area contributed by atoms with Crippen molar-refractivity contribution in [2.45, 2.75) is 50.7 Å². The van der Waals surface area contributed by atoms with Crippen LogP contribution in [-0.4, -0.2) is 58.3 Å². The molecule has 1 fully saturated rings. The molecule has 0 N–H and O–H groups in total. The molecular formula is C29H30Cl2F2N4O5. The number of carbonyl (C=O) groups is 2. The Bertz CT molecular complexity index is 1490. The first-order chi connectivity index (χ1) is 20.0. The average Bonchev–Trinajstić information content (AvgIpc) is 3.37. The van der Waals surface area contributed by atoms with E-state index in [2.05, 4.69) is 10.2 Å². The maximum Gasteiger partial charge on any atom is 0.382 e. The van der Waals surface area contributed by atoms with Gasteiger partial charge in [-0.05, 0) is 73.7 Å². The van der Waals surface area contributed by atoms with Gasteiger partial charge in [0.25, 0.3) is 0 Å². The molecule has 3 heterocycles. The zero-order chi connectivity index (χ0) is 30.2. The van der Waals surface area contributed by atoms with Gasteiger partial charge in [-0.1, -0.05) is 23.7 Å². The molecule has 0 bridgehead atoms. The first-order valence-corrected chi connectivity index (χ1v) is 14.3. The highest BCUT2D eigenvalue weighted by Crippen LogP contribution is 2.45. The van der Waals surface area contributed by atoms with Gasteiger partial charge in [0.2, 0.25) is 11.7 Å². The number of benzene rings is 2. The number of carbonyl (C=O) groups excluding carboxylic acids is 2. The van der Waals surface area contributed by atoms with Crippen LogP contribution in [0.4, 0.5) is 8.78 Å². The number of alkyl halides is 3. The van der Waals surface area contributed by atoms with Crippen LogP contribution in [0.25, 0.3) is 5.69 Å². The molecule has 0 aliphatic carbocycles. The molecule has 2 aliphatic rings. The smallest absolute Gasteiger partial charge is 0.382 e. The molecule has 9 nitrogen and oxygen atoms in total. The van der Waals surface area contributed by atoms with E-state index in [0.717, 1.165) is 10.1 Å². The van der Waals surface area contributed by atoms with Gasteiger partial charge < -0.3 is 19.1 Å². The third kappa shape index (κ3) is 5.82. The molecule has 1 amide bonds. The van der Waals surface area contributed by atoms with Crippen LogP contribution in [0, 0.1) is 12.8 Å². The Morgan fingerprint density at radius 2 is 1.88 bits per heavy atom. The predicted octanol–water partition coefficient (Wildman–Crippen LogP) is 5.88. The molecule has 224 valence electrons. The fourth-order valence-electron chi connectivity index (χ4n) is 5.59. The van der Waals surface area contributed by atoms with E-state index < -0.39 is 23.4 Å². The van der Waals surface area contributed by atoms with Gasteiger partial charge in [-0.25, -0.2) is 0 Å². The second kappa shape index (κ2) is 12.1. The number of aromatic nitrogens is 3. The second-order valence-corrected chi connectivity index (χ2v) is 11.1. The maximum atomic E-state index is 14.6. The first kappa shape index (κ1) is 30.2. The topological polar surface area (TPSA) is 95.8 Å². The summed E-state index contributed by atoms with van der Waals surface area (Å²) in [6, 6.07) is 10.2. The molecule has 13 heteroatoms. The largest absolute Gasteiger partial charge is 0.496 e. The van der Waals surface area contributed by atoms with Crippen molar-refractivity contribution in [3.05, 3.63) is 69.8 Å². The molecular weight excluding hydrogens is 593 g/mol. The lowest BCUT2D eigenvalue weighted by atomic mass is 9.95. The van der Waals surface area contributed by atoms with Crippen molar-refractivity contribution in [2.24, 2.45) is 5.92 Å². The van der Waals surface area contributed by atoms with Crippen LogP contribution in [0.5, 0.6) is 5.75 Å². The molecule has 0 saturated carbocycles. The van der Waals surface area contributed by atoms with Crippen molar-refractivity contribution in [2.75, 3.05) is 26.8 Å². The third-order valence-electron chi connectivity index (χ3n) is 7.70. The van der Waals surface area contributed by atoms with Crippen molar-refractivity contribution >= 4 is 35.1 Å². The third-order valence-corrected chi connectivity index (χ3v) is 8.10. The Balaban J connectivity index is 1.55. The lowest BCUT2D eigenvalue weighted by Gasteiger charge is -2.32. The highest BCUT2D eigenvalue weighted by molar-refractivity contribution is 6.30. The number of amides is 1. The average molecular weight is 623 g/mol. The van der Waals surface area contributed by atoms with Crippen LogP contribution in [0.2, 0.25) is 5.02 Å². The zero-order valence-corrected chi connectivity index (χ0v) is 24.8. The van der Waals surface area contributed by atoms with Crippen molar-refractivity contribution in [3.8, 4) is 11.4 Å². The molecule has 1 aromatic heterocycles. The van der Waals surface area contributed by atoms with Crippen LogP contribution >= 0.6 is 23.2 Å². The first-order valence-electron chi connectivity index (χ1n) is 13.6. The minimum Gasteiger partial charge on any atom is -0.496 e. The Morgan fingerprint density at radius 1 is 1.14 bits per heavy atom. The fraction of sp³-hybridized carbons (Fsp3) is 0.448. The van der Waals surface area contributed by atoms with E-state index in [1.54, 1.807) is 49.3 Å². The lowest BCUT2D eigenvalue weighted by Crippen LogP contribution is -2.41. The quantitative estimate of drug-likeness (QED) is 0.240. The van der Waals surface area contributed by atoms with Gasteiger partial charge in [-0.2, -0.15) is 8.78 Å². The van der Waals surface area contributed by atoms with Crippen LogP contribution in [0.3, 0.4) is 0 Å². The molecule has 0 spiro atoms. The van der Waals surface area contributed by atoms with Crippen LogP contribution < -0.4 is 4.74 Å². The zero-order valence-electron chi connectivity index (χ0n) is 23.3. The van der Waals surface area contributed by atoms with Crippen molar-refractivity contribution in [3.63, 3.8) is 0 Å². The van der Waals surface area contributed by atoms with Gasteiger partial charge in [0, 0.05) is 23.7 Å². The Morgan fingerprint density at radius 3 is 2.55 bits per heavy atom. The van der Waals surface area contributed by atoms with E-state index in [1.807, 2.05) is 13.0 Å². The van der Waals surface area contributed by atoms with Crippen LogP contribution in [0.1, 0.15) is 66.7 Å². The Labute approximate surface area is 251 Å². The second-order valence-electron chi connectivity index (χ2n) is 10.2. The molecule has 1 saturated heterocycles. The van der Waals surface area contributed by atoms with E-state index in [4.69, 9.17) is 37.4 Å². The molecule has 2 aromatic carbocycles. The number of esters is 1. The molecule has 3 aromatic rings.